The van der Waals surface area contributed by atoms with Crippen molar-refractivity contribution in [2.75, 3.05) is 30.3 Å². The lowest BCUT2D eigenvalue weighted by Crippen LogP contribution is -2.45. The maximum atomic E-state index is 3.58. The van der Waals surface area contributed by atoms with Crippen molar-refractivity contribution < 1.29 is 0 Å². The molecule has 0 heterocycles. The molecule has 0 unspecified atom stereocenters. The van der Waals surface area contributed by atoms with Crippen molar-refractivity contribution in [3.63, 3.8) is 0 Å². The van der Waals surface area contributed by atoms with Gasteiger partial charge in [0.2, 0.25) is 0 Å². The monoisotopic (exact) mass is 342 g/mol. The van der Waals surface area contributed by atoms with Crippen LogP contribution in [-0.2, 0) is 5.75 Å². The van der Waals surface area contributed by atoms with Crippen molar-refractivity contribution in [2.45, 2.75) is 32.1 Å². The lowest BCUT2D eigenvalue weighted by atomic mass is 10.0. The Morgan fingerprint density at radius 1 is 0.875 bits per heavy atom. The first kappa shape index (κ1) is 18.9. The highest BCUT2D eigenvalue weighted by Gasteiger charge is 2.20. The van der Waals surface area contributed by atoms with Crippen molar-refractivity contribution in [3.05, 3.63) is 66.2 Å². The maximum Gasteiger partial charge on any atom is 0.0370 e. The molecule has 2 aromatic carbocycles. The molecule has 3 heteroatoms. The van der Waals surface area contributed by atoms with Crippen LogP contribution in [0, 0.1) is 0 Å². The molecular weight excluding hydrogens is 312 g/mol. The van der Waals surface area contributed by atoms with Gasteiger partial charge in [0.15, 0.2) is 0 Å². The highest BCUT2D eigenvalue weighted by atomic mass is 32.2. The molecule has 0 aliphatic carbocycles. The quantitative estimate of drug-likeness (QED) is 0.658. The Morgan fingerprint density at radius 2 is 1.50 bits per heavy atom. The van der Waals surface area contributed by atoms with E-state index in [1.54, 1.807) is 0 Å². The van der Waals surface area contributed by atoms with Crippen molar-refractivity contribution in [1.29, 1.82) is 0 Å². The highest BCUT2D eigenvalue weighted by Crippen LogP contribution is 2.22. The van der Waals surface area contributed by atoms with Gasteiger partial charge >= 0.3 is 0 Å². The molecule has 2 nitrogen and oxygen atoms in total. The molecule has 0 bridgehead atoms. The summed E-state index contributed by atoms with van der Waals surface area (Å²) >= 11 is 1.99. The Labute approximate surface area is 151 Å². The van der Waals surface area contributed by atoms with Crippen LogP contribution in [0.1, 0.15) is 26.3 Å². The number of rotatable bonds is 9. The number of anilines is 1. The van der Waals surface area contributed by atoms with Gasteiger partial charge < -0.3 is 10.2 Å². The molecule has 1 N–H and O–H groups in total. The fraction of sp³-hybridized carbons (Fsp3) is 0.429. The largest absolute Gasteiger partial charge is 0.365 e. The Balaban J connectivity index is 1.66. The maximum absolute atomic E-state index is 3.58. The van der Waals surface area contributed by atoms with E-state index in [9.17, 15) is 0 Å². The average molecular weight is 343 g/mol. The van der Waals surface area contributed by atoms with E-state index in [0.717, 1.165) is 31.1 Å². The van der Waals surface area contributed by atoms with E-state index in [-0.39, 0.29) is 5.54 Å². The van der Waals surface area contributed by atoms with E-state index in [4.69, 9.17) is 0 Å². The molecule has 0 saturated carbocycles. The average Bonchev–Trinajstić information content (AvgIpc) is 2.58. The van der Waals surface area contributed by atoms with Crippen molar-refractivity contribution in [3.8, 4) is 0 Å². The number of hydrogen-bond donors (Lipinski definition) is 1. The first-order valence-corrected chi connectivity index (χ1v) is 9.88. The zero-order valence-electron chi connectivity index (χ0n) is 15.2. The highest BCUT2D eigenvalue weighted by molar-refractivity contribution is 7.98. The molecule has 0 atom stereocenters. The van der Waals surface area contributed by atoms with E-state index in [1.165, 1.54) is 11.3 Å². The number of nitrogens with zero attached hydrogens (tertiary/aromatic N) is 1. The molecule has 0 radical (unpaired) electrons. The number of benzene rings is 2. The predicted molar refractivity (Wildman–Crippen MR) is 109 cm³/mol. The zero-order valence-corrected chi connectivity index (χ0v) is 16.0. The van der Waals surface area contributed by atoms with E-state index in [0.29, 0.717) is 0 Å². The first-order chi connectivity index (χ1) is 11.6. The summed E-state index contributed by atoms with van der Waals surface area (Å²) in [6, 6.07) is 21.4. The summed E-state index contributed by atoms with van der Waals surface area (Å²) in [5.74, 6) is 2.25. The fourth-order valence-corrected chi connectivity index (χ4v) is 3.55. The number of thioether (sulfide) groups is 1. The Bertz CT molecular complexity index is 563. The minimum Gasteiger partial charge on any atom is -0.365 e. The third kappa shape index (κ3) is 6.58. The van der Waals surface area contributed by atoms with Crippen LogP contribution in [0.15, 0.2) is 60.7 Å². The third-order valence-corrected chi connectivity index (χ3v) is 4.95. The lowest BCUT2D eigenvalue weighted by molar-refractivity contribution is 0.495. The molecule has 0 fully saturated rings. The second-order valence-electron chi connectivity index (χ2n) is 6.95. The van der Waals surface area contributed by atoms with Crippen LogP contribution in [0.4, 0.5) is 5.69 Å². The van der Waals surface area contributed by atoms with Crippen LogP contribution >= 0.6 is 11.8 Å². The van der Waals surface area contributed by atoms with E-state index < -0.39 is 0 Å². The van der Waals surface area contributed by atoms with Gasteiger partial charge in [-0.15, -0.1) is 0 Å². The molecule has 0 saturated heterocycles. The molecule has 0 aliphatic rings. The van der Waals surface area contributed by atoms with Crippen LogP contribution < -0.4 is 10.2 Å². The van der Waals surface area contributed by atoms with Gasteiger partial charge in [-0.05, 0) is 38.5 Å². The molecule has 0 aromatic heterocycles. The van der Waals surface area contributed by atoms with Gasteiger partial charge in [-0.3, -0.25) is 0 Å². The van der Waals surface area contributed by atoms with Crippen LogP contribution in [-0.4, -0.2) is 30.9 Å². The molecule has 130 valence electrons. The number of para-hydroxylation sites is 1. The third-order valence-electron chi connectivity index (χ3n) is 3.92. The SMILES string of the molecule is CC(C)(C)N(CCNCCSCc1ccccc1)c1ccccc1. The van der Waals surface area contributed by atoms with Gasteiger partial charge in [-0.1, -0.05) is 48.5 Å². The first-order valence-electron chi connectivity index (χ1n) is 8.72. The van der Waals surface area contributed by atoms with Gasteiger partial charge in [0.1, 0.15) is 0 Å². The van der Waals surface area contributed by atoms with Crippen LogP contribution in [0.5, 0.6) is 0 Å². The Hall–Kier alpha value is -1.45. The summed E-state index contributed by atoms with van der Waals surface area (Å²) in [7, 11) is 0. The van der Waals surface area contributed by atoms with Crippen LogP contribution in [0.2, 0.25) is 0 Å². The van der Waals surface area contributed by atoms with Crippen molar-refractivity contribution in [1.82, 2.24) is 5.32 Å². The molecule has 2 rings (SSSR count). The Kier molecular flexibility index (Phi) is 7.67. The summed E-state index contributed by atoms with van der Waals surface area (Å²) in [6.07, 6.45) is 0. The van der Waals surface area contributed by atoms with Crippen molar-refractivity contribution in [2.24, 2.45) is 0 Å². The summed E-state index contributed by atoms with van der Waals surface area (Å²) < 4.78 is 0. The molecule has 0 aliphatic heterocycles. The molecule has 2 aromatic rings. The minimum atomic E-state index is 0.130. The second kappa shape index (κ2) is 9.75. The Morgan fingerprint density at radius 3 is 2.12 bits per heavy atom. The lowest BCUT2D eigenvalue weighted by Gasteiger charge is -2.38. The number of hydrogen-bond acceptors (Lipinski definition) is 3. The predicted octanol–water partition coefficient (Wildman–Crippen LogP) is 4.81. The normalized spacial score (nSPS) is 11.5. The smallest absolute Gasteiger partial charge is 0.0370 e. The standard InChI is InChI=1S/C21H30N2S/c1-21(2,3)23(20-12-8-5-9-13-20)16-14-22-15-17-24-18-19-10-6-4-7-11-19/h4-13,22H,14-18H2,1-3H3. The summed E-state index contributed by atoms with van der Waals surface area (Å²) in [6.45, 7) is 9.92. The number of nitrogens with one attached hydrogen (secondary N) is 1. The molecular formula is C21H30N2S. The van der Waals surface area contributed by atoms with E-state index in [1.807, 2.05) is 11.8 Å². The second-order valence-corrected chi connectivity index (χ2v) is 8.05. The van der Waals surface area contributed by atoms with Crippen LogP contribution in [0.25, 0.3) is 0 Å². The minimum absolute atomic E-state index is 0.130. The molecule has 0 spiro atoms. The molecule has 0 amide bonds. The topological polar surface area (TPSA) is 15.3 Å². The van der Waals surface area contributed by atoms with Gasteiger partial charge in [0.05, 0.1) is 0 Å². The van der Waals surface area contributed by atoms with Gasteiger partial charge in [-0.25, -0.2) is 0 Å². The zero-order chi connectivity index (χ0) is 17.3. The summed E-state index contributed by atoms with van der Waals surface area (Å²) in [4.78, 5) is 2.47. The van der Waals surface area contributed by atoms with Gasteiger partial charge in [-0.2, -0.15) is 11.8 Å². The van der Waals surface area contributed by atoms with Crippen LogP contribution in [0.3, 0.4) is 0 Å². The van der Waals surface area contributed by atoms with Gasteiger partial charge in [0.25, 0.3) is 0 Å². The van der Waals surface area contributed by atoms with E-state index in [2.05, 4.69) is 91.7 Å². The summed E-state index contributed by atoms with van der Waals surface area (Å²) in [5.41, 5.74) is 2.83. The fourth-order valence-electron chi connectivity index (χ4n) is 2.68. The van der Waals surface area contributed by atoms with Crippen molar-refractivity contribution >= 4 is 17.4 Å². The summed E-state index contributed by atoms with van der Waals surface area (Å²) in [5, 5.41) is 3.58. The molecule has 24 heavy (non-hydrogen) atoms. The van der Waals surface area contributed by atoms with E-state index >= 15 is 0 Å². The van der Waals surface area contributed by atoms with Gasteiger partial charge in [0, 0.05) is 42.4 Å².